The van der Waals surface area contributed by atoms with Gasteiger partial charge in [-0.05, 0) is 0 Å². The lowest BCUT2D eigenvalue weighted by Crippen LogP contribution is -2.26. The van der Waals surface area contributed by atoms with Gasteiger partial charge in [-0.25, -0.2) is 9.48 Å². The molecule has 0 N–H and O–H groups in total. The van der Waals surface area contributed by atoms with Crippen LogP contribution in [0, 0.1) is 10.1 Å². The van der Waals surface area contributed by atoms with Gasteiger partial charge in [0.15, 0.2) is 5.78 Å². The van der Waals surface area contributed by atoms with Gasteiger partial charge in [0.2, 0.25) is 0 Å². The molecule has 2 rings (SSSR count). The van der Waals surface area contributed by atoms with Gasteiger partial charge in [-0.2, -0.15) is 5.10 Å². The number of hydrogen-bond donors (Lipinski definition) is 0. The van der Waals surface area contributed by atoms with E-state index in [9.17, 15) is 19.7 Å². The van der Waals surface area contributed by atoms with Gasteiger partial charge in [-0.15, -0.1) is 0 Å². The Balaban J connectivity index is 2.25. The fourth-order valence-electron chi connectivity index (χ4n) is 1.55. The molecule has 0 radical (unpaired) electrons. The van der Waals surface area contributed by atoms with Gasteiger partial charge in [0.25, 0.3) is 5.69 Å². The first kappa shape index (κ1) is 12.7. The first-order valence-electron chi connectivity index (χ1n) is 5.35. The molecule has 0 amide bonds. The summed E-state index contributed by atoms with van der Waals surface area (Å²) in [6, 6.07) is 5.36. The minimum Gasteiger partial charge on any atom is -0.292 e. The summed E-state index contributed by atoms with van der Waals surface area (Å²) in [5, 5.41) is 14.4. The summed E-state index contributed by atoms with van der Waals surface area (Å²) in [5.74, 6) is -0.412. The zero-order valence-corrected chi connectivity index (χ0v) is 10.0. The molecule has 0 aliphatic heterocycles. The van der Waals surface area contributed by atoms with Crippen molar-refractivity contribution in [2.75, 3.05) is 0 Å². The fourth-order valence-corrected chi connectivity index (χ4v) is 1.55. The lowest BCUT2D eigenvalue weighted by atomic mass is 10.1. The zero-order chi connectivity index (χ0) is 14.0. The van der Waals surface area contributed by atoms with E-state index in [1.807, 2.05) is 0 Å². The molecule has 1 aromatic carbocycles. The first-order chi connectivity index (χ1) is 8.99. The largest absolute Gasteiger partial charge is 0.345 e. The highest BCUT2D eigenvalue weighted by Gasteiger charge is 2.13. The Hall–Kier alpha value is -2.77. The fraction of sp³-hybridized carbons (Fsp3) is 0.182. The van der Waals surface area contributed by atoms with Crippen LogP contribution in [0.5, 0.6) is 0 Å². The Bertz CT molecular complexity index is 701. The molecular formula is C11H10N4O4. The Morgan fingerprint density at radius 2 is 2.21 bits per heavy atom. The molecule has 0 unspecified atom stereocenters. The van der Waals surface area contributed by atoms with Gasteiger partial charge in [0.1, 0.15) is 12.9 Å². The maximum absolute atomic E-state index is 11.9. The summed E-state index contributed by atoms with van der Waals surface area (Å²) < 4.78 is 2.24. The van der Waals surface area contributed by atoms with Crippen LogP contribution < -0.4 is 5.69 Å². The molecule has 98 valence electrons. The molecule has 2 aromatic rings. The van der Waals surface area contributed by atoms with Crippen LogP contribution in [0.2, 0.25) is 0 Å². The minimum absolute atomic E-state index is 0.167. The van der Waals surface area contributed by atoms with Crippen molar-refractivity contribution >= 4 is 11.5 Å². The number of benzene rings is 1. The predicted molar refractivity (Wildman–Crippen MR) is 64.9 cm³/mol. The quantitative estimate of drug-likeness (QED) is 0.450. The molecule has 0 aliphatic carbocycles. The SMILES string of the molecule is Cn1cnn(CC(=O)c2cccc([N+](=O)[O-])c2)c1=O. The second-order valence-corrected chi connectivity index (χ2v) is 3.91. The molecule has 19 heavy (non-hydrogen) atoms. The van der Waals surface area contributed by atoms with E-state index < -0.39 is 16.4 Å². The van der Waals surface area contributed by atoms with Crippen molar-refractivity contribution in [2.24, 2.45) is 7.05 Å². The number of hydrogen-bond acceptors (Lipinski definition) is 5. The number of aryl methyl sites for hydroxylation is 1. The summed E-state index contributed by atoms with van der Waals surface area (Å²) in [6.45, 7) is -0.249. The van der Waals surface area contributed by atoms with Crippen molar-refractivity contribution < 1.29 is 9.72 Å². The number of ketones is 1. The van der Waals surface area contributed by atoms with Crippen LogP contribution in [0.25, 0.3) is 0 Å². The molecular weight excluding hydrogens is 252 g/mol. The Kier molecular flexibility index (Phi) is 3.23. The van der Waals surface area contributed by atoms with Crippen LogP contribution in [0.1, 0.15) is 10.4 Å². The molecule has 0 spiro atoms. The van der Waals surface area contributed by atoms with E-state index in [-0.39, 0.29) is 17.8 Å². The summed E-state index contributed by atoms with van der Waals surface area (Å²) in [5.41, 5.74) is -0.412. The van der Waals surface area contributed by atoms with Gasteiger partial charge in [-0.1, -0.05) is 12.1 Å². The van der Waals surface area contributed by atoms with E-state index in [1.165, 1.54) is 42.2 Å². The Morgan fingerprint density at radius 3 is 2.79 bits per heavy atom. The molecule has 0 bridgehead atoms. The number of non-ortho nitro benzene ring substituents is 1. The number of nitrogens with zero attached hydrogens (tertiary/aromatic N) is 4. The van der Waals surface area contributed by atoms with E-state index >= 15 is 0 Å². The zero-order valence-electron chi connectivity index (χ0n) is 10.0. The standard InChI is InChI=1S/C11H10N4O4/c1-13-7-12-14(11(13)17)6-10(16)8-3-2-4-9(5-8)15(18)19/h2-5,7H,6H2,1H3. The molecule has 0 atom stereocenters. The number of aromatic nitrogens is 3. The van der Waals surface area contributed by atoms with Gasteiger partial charge < -0.3 is 0 Å². The van der Waals surface area contributed by atoms with Crippen LogP contribution in [0.4, 0.5) is 5.69 Å². The van der Waals surface area contributed by atoms with Crippen molar-refractivity contribution in [1.82, 2.24) is 14.3 Å². The maximum Gasteiger partial charge on any atom is 0.345 e. The molecule has 8 nitrogen and oxygen atoms in total. The van der Waals surface area contributed by atoms with Crippen LogP contribution in [-0.2, 0) is 13.6 Å². The van der Waals surface area contributed by atoms with Crippen molar-refractivity contribution in [3.05, 3.63) is 56.8 Å². The smallest absolute Gasteiger partial charge is 0.292 e. The summed E-state index contributed by atoms with van der Waals surface area (Å²) in [6.07, 6.45) is 1.29. The normalized spacial score (nSPS) is 10.4. The third-order valence-electron chi connectivity index (χ3n) is 2.56. The van der Waals surface area contributed by atoms with Crippen molar-refractivity contribution in [3.63, 3.8) is 0 Å². The molecule has 8 heteroatoms. The number of carbonyl (C=O) groups is 1. The Labute approximate surface area is 107 Å². The van der Waals surface area contributed by atoms with Crippen LogP contribution in [0.3, 0.4) is 0 Å². The van der Waals surface area contributed by atoms with E-state index in [2.05, 4.69) is 5.10 Å². The van der Waals surface area contributed by atoms with Gasteiger partial charge in [0.05, 0.1) is 4.92 Å². The highest BCUT2D eigenvalue weighted by Crippen LogP contribution is 2.13. The van der Waals surface area contributed by atoms with Crippen molar-refractivity contribution in [1.29, 1.82) is 0 Å². The predicted octanol–water partition coefficient (Wildman–Crippen LogP) is 0.373. The third kappa shape index (κ3) is 2.57. The second kappa shape index (κ2) is 4.84. The number of nitro groups is 1. The highest BCUT2D eigenvalue weighted by molar-refractivity contribution is 5.96. The van der Waals surface area contributed by atoms with Crippen molar-refractivity contribution in [2.45, 2.75) is 6.54 Å². The van der Waals surface area contributed by atoms with Crippen LogP contribution in [-0.4, -0.2) is 25.1 Å². The molecule has 0 saturated heterocycles. The van der Waals surface area contributed by atoms with E-state index in [0.717, 1.165) is 4.68 Å². The van der Waals surface area contributed by atoms with Crippen molar-refractivity contribution in [3.8, 4) is 0 Å². The monoisotopic (exact) mass is 262 g/mol. The summed E-state index contributed by atoms with van der Waals surface area (Å²) in [7, 11) is 1.52. The first-order valence-corrected chi connectivity index (χ1v) is 5.35. The Morgan fingerprint density at radius 1 is 1.47 bits per heavy atom. The second-order valence-electron chi connectivity index (χ2n) is 3.91. The highest BCUT2D eigenvalue weighted by atomic mass is 16.6. The van der Waals surface area contributed by atoms with E-state index in [0.29, 0.717) is 0 Å². The van der Waals surface area contributed by atoms with E-state index in [1.54, 1.807) is 0 Å². The lowest BCUT2D eigenvalue weighted by molar-refractivity contribution is -0.384. The number of rotatable bonds is 4. The maximum atomic E-state index is 11.9. The van der Waals surface area contributed by atoms with Gasteiger partial charge >= 0.3 is 5.69 Å². The van der Waals surface area contributed by atoms with Gasteiger partial charge in [0, 0.05) is 24.7 Å². The van der Waals surface area contributed by atoms with Crippen LogP contribution in [0.15, 0.2) is 35.4 Å². The molecule has 0 aliphatic rings. The average molecular weight is 262 g/mol. The number of carbonyl (C=O) groups excluding carboxylic acids is 1. The molecule has 1 heterocycles. The van der Waals surface area contributed by atoms with Crippen LogP contribution >= 0.6 is 0 Å². The summed E-state index contributed by atoms with van der Waals surface area (Å²) in [4.78, 5) is 33.5. The van der Waals surface area contributed by atoms with E-state index in [4.69, 9.17) is 0 Å². The topological polar surface area (TPSA) is 100 Å². The molecule has 0 saturated carbocycles. The molecule has 0 fully saturated rings. The summed E-state index contributed by atoms with van der Waals surface area (Å²) >= 11 is 0. The third-order valence-corrected chi connectivity index (χ3v) is 2.56. The number of nitro benzene ring substituents is 1. The average Bonchev–Trinajstić information content (AvgIpc) is 2.71. The molecule has 1 aromatic heterocycles. The van der Waals surface area contributed by atoms with Gasteiger partial charge in [-0.3, -0.25) is 19.5 Å². The lowest BCUT2D eigenvalue weighted by Gasteiger charge is -2.00. The number of Topliss-reactive ketones (excluding diaryl/α,β-unsaturated/α-hetero) is 1. The minimum atomic E-state index is -0.580.